The van der Waals surface area contributed by atoms with Crippen LogP contribution < -0.4 is 5.56 Å². The summed E-state index contributed by atoms with van der Waals surface area (Å²) in [7, 11) is 0. The second kappa shape index (κ2) is 6.97. The molecule has 1 saturated heterocycles. The minimum Gasteiger partial charge on any atom is -0.337 e. The number of fused-ring (bicyclic) bond motifs is 1. The molecule has 8 nitrogen and oxygen atoms in total. The fraction of sp³-hybridized carbons (Fsp3) is 0.250. The summed E-state index contributed by atoms with van der Waals surface area (Å²) in [6, 6.07) is 12.7. The second-order valence-electron chi connectivity index (χ2n) is 6.81. The number of aromatic nitrogens is 5. The van der Waals surface area contributed by atoms with Crippen molar-refractivity contribution in [3.8, 4) is 11.5 Å². The third-order valence-electron chi connectivity index (χ3n) is 4.97. The van der Waals surface area contributed by atoms with Crippen molar-refractivity contribution in [2.24, 2.45) is 0 Å². The van der Waals surface area contributed by atoms with E-state index in [1.165, 1.54) is 0 Å². The Bertz CT molecular complexity index is 1170. The highest BCUT2D eigenvalue weighted by atomic mass is 16.5. The summed E-state index contributed by atoms with van der Waals surface area (Å²) in [5.41, 5.74) is 2.00. The van der Waals surface area contributed by atoms with Crippen molar-refractivity contribution >= 4 is 5.65 Å². The maximum atomic E-state index is 12.3. The van der Waals surface area contributed by atoms with Crippen LogP contribution in [-0.2, 0) is 6.54 Å². The first-order valence-corrected chi connectivity index (χ1v) is 9.24. The van der Waals surface area contributed by atoms with Gasteiger partial charge in [0, 0.05) is 25.0 Å². The monoisotopic (exact) mass is 374 g/mol. The van der Waals surface area contributed by atoms with Crippen molar-refractivity contribution in [1.82, 2.24) is 29.4 Å². The van der Waals surface area contributed by atoms with Crippen molar-refractivity contribution in [3.63, 3.8) is 0 Å². The predicted octanol–water partition coefficient (Wildman–Crippen LogP) is 2.48. The van der Waals surface area contributed by atoms with Crippen LogP contribution >= 0.6 is 0 Å². The number of nitrogens with zero attached hydrogens (tertiary/aromatic N) is 6. The minimum atomic E-state index is -0.0772. The molecule has 0 spiro atoms. The van der Waals surface area contributed by atoms with E-state index in [2.05, 4.69) is 25.0 Å². The fourth-order valence-corrected chi connectivity index (χ4v) is 3.66. The highest BCUT2D eigenvalue weighted by Gasteiger charge is 2.31. The summed E-state index contributed by atoms with van der Waals surface area (Å²) in [6.45, 7) is 1.45. The lowest BCUT2D eigenvalue weighted by Gasteiger charge is -2.20. The highest BCUT2D eigenvalue weighted by molar-refractivity contribution is 5.47. The number of rotatable bonds is 4. The average molecular weight is 374 g/mol. The molecule has 1 atom stereocenters. The van der Waals surface area contributed by atoms with Gasteiger partial charge in [-0.15, -0.1) is 0 Å². The van der Waals surface area contributed by atoms with Crippen molar-refractivity contribution in [2.75, 3.05) is 6.54 Å². The van der Waals surface area contributed by atoms with Crippen LogP contribution in [0.25, 0.3) is 17.2 Å². The van der Waals surface area contributed by atoms with E-state index in [0.29, 0.717) is 29.6 Å². The Labute approximate surface area is 160 Å². The summed E-state index contributed by atoms with van der Waals surface area (Å²) >= 11 is 0. The lowest BCUT2D eigenvalue weighted by Crippen LogP contribution is -2.25. The summed E-state index contributed by atoms with van der Waals surface area (Å²) in [6.07, 6.45) is 5.39. The maximum absolute atomic E-state index is 12.3. The molecule has 0 aliphatic carbocycles. The van der Waals surface area contributed by atoms with Gasteiger partial charge in [0.1, 0.15) is 11.3 Å². The third-order valence-corrected chi connectivity index (χ3v) is 4.97. The van der Waals surface area contributed by atoms with Gasteiger partial charge in [0.25, 0.3) is 5.56 Å². The largest absolute Gasteiger partial charge is 0.337 e. The topological polar surface area (TPSA) is 89.4 Å². The molecular formula is C20H18N6O2. The number of likely N-dealkylation sites (tertiary alicyclic amines) is 1. The molecule has 4 aromatic heterocycles. The molecule has 8 heteroatoms. The van der Waals surface area contributed by atoms with Crippen LogP contribution in [0.15, 0.2) is 64.2 Å². The molecule has 28 heavy (non-hydrogen) atoms. The van der Waals surface area contributed by atoms with Crippen LogP contribution in [0.3, 0.4) is 0 Å². The first-order valence-electron chi connectivity index (χ1n) is 9.24. The van der Waals surface area contributed by atoms with E-state index in [1.54, 1.807) is 22.9 Å². The second-order valence-corrected chi connectivity index (χ2v) is 6.81. The number of hydrogen-bond acceptors (Lipinski definition) is 7. The lowest BCUT2D eigenvalue weighted by molar-refractivity contribution is 0.199. The molecule has 1 aliphatic heterocycles. The van der Waals surface area contributed by atoms with E-state index in [9.17, 15) is 4.79 Å². The molecule has 0 bridgehead atoms. The van der Waals surface area contributed by atoms with Crippen molar-refractivity contribution in [2.45, 2.75) is 25.4 Å². The van der Waals surface area contributed by atoms with Crippen LogP contribution in [0, 0.1) is 0 Å². The third kappa shape index (κ3) is 3.07. The van der Waals surface area contributed by atoms with Gasteiger partial charge in [0.15, 0.2) is 0 Å². The summed E-state index contributed by atoms with van der Waals surface area (Å²) < 4.78 is 7.08. The lowest BCUT2D eigenvalue weighted by atomic mass is 10.2. The predicted molar refractivity (Wildman–Crippen MR) is 101 cm³/mol. The van der Waals surface area contributed by atoms with Gasteiger partial charge in [-0.2, -0.15) is 4.98 Å². The van der Waals surface area contributed by atoms with E-state index in [0.717, 1.165) is 25.1 Å². The maximum Gasteiger partial charge on any atom is 0.258 e. The van der Waals surface area contributed by atoms with Crippen LogP contribution in [0.2, 0.25) is 0 Å². The Balaban J connectivity index is 1.41. The summed E-state index contributed by atoms with van der Waals surface area (Å²) in [4.78, 5) is 28.0. The highest BCUT2D eigenvalue weighted by Crippen LogP contribution is 2.32. The molecule has 0 saturated carbocycles. The quantitative estimate of drug-likeness (QED) is 0.542. The first-order chi connectivity index (χ1) is 13.8. The van der Waals surface area contributed by atoms with Gasteiger partial charge >= 0.3 is 0 Å². The Morgan fingerprint density at radius 3 is 2.96 bits per heavy atom. The van der Waals surface area contributed by atoms with Crippen molar-refractivity contribution in [3.05, 3.63) is 76.8 Å². The van der Waals surface area contributed by atoms with Gasteiger partial charge in [0.05, 0.1) is 11.7 Å². The van der Waals surface area contributed by atoms with Crippen LogP contribution in [0.4, 0.5) is 0 Å². The van der Waals surface area contributed by atoms with Crippen LogP contribution in [0.5, 0.6) is 0 Å². The SMILES string of the molecule is O=c1cc(CN2CCCC2c2nc(-c3ccccn3)no2)nc2ccccn12. The zero-order chi connectivity index (χ0) is 18.9. The normalized spacial score (nSPS) is 17.4. The fourth-order valence-electron chi connectivity index (χ4n) is 3.66. The minimum absolute atomic E-state index is 0.0148. The van der Waals surface area contributed by atoms with Crippen LogP contribution in [-0.4, -0.2) is 36.0 Å². The molecule has 4 aromatic rings. The molecule has 0 N–H and O–H groups in total. The molecule has 0 amide bonds. The Morgan fingerprint density at radius 2 is 2.07 bits per heavy atom. The molecular weight excluding hydrogens is 356 g/mol. The Hall–Kier alpha value is -3.39. The van der Waals surface area contributed by atoms with Crippen molar-refractivity contribution in [1.29, 1.82) is 0 Å². The van der Waals surface area contributed by atoms with E-state index >= 15 is 0 Å². The van der Waals surface area contributed by atoms with Gasteiger partial charge in [-0.1, -0.05) is 17.3 Å². The standard InChI is InChI=1S/C20H18N6O2/c27-18-12-14(22-17-8-2-4-11-26(17)18)13-25-10-5-7-16(25)20-23-19(24-28-20)15-6-1-3-9-21-15/h1-4,6,8-9,11-12,16H,5,7,10,13H2. The van der Waals surface area contributed by atoms with E-state index in [-0.39, 0.29) is 11.6 Å². The van der Waals surface area contributed by atoms with Crippen molar-refractivity contribution < 1.29 is 4.52 Å². The Kier molecular flexibility index (Phi) is 4.17. The van der Waals surface area contributed by atoms with Gasteiger partial charge in [0.2, 0.25) is 11.7 Å². The average Bonchev–Trinajstić information content (AvgIpc) is 3.38. The molecule has 1 aliphatic rings. The molecule has 0 radical (unpaired) electrons. The molecule has 0 aromatic carbocycles. The van der Waals surface area contributed by atoms with Gasteiger partial charge in [-0.05, 0) is 43.7 Å². The molecule has 5 rings (SSSR count). The van der Waals surface area contributed by atoms with Gasteiger partial charge < -0.3 is 4.52 Å². The van der Waals surface area contributed by atoms with E-state index < -0.39 is 0 Å². The smallest absolute Gasteiger partial charge is 0.258 e. The molecule has 140 valence electrons. The Morgan fingerprint density at radius 1 is 1.14 bits per heavy atom. The summed E-state index contributed by atoms with van der Waals surface area (Å²) in [5.74, 6) is 1.07. The van der Waals surface area contributed by atoms with Gasteiger partial charge in [-0.25, -0.2) is 4.98 Å². The molecule has 1 fully saturated rings. The molecule has 5 heterocycles. The number of hydrogen-bond donors (Lipinski definition) is 0. The molecule has 1 unspecified atom stereocenters. The van der Waals surface area contributed by atoms with E-state index in [1.807, 2.05) is 36.4 Å². The van der Waals surface area contributed by atoms with E-state index in [4.69, 9.17) is 4.52 Å². The zero-order valence-corrected chi connectivity index (χ0v) is 15.1. The van der Waals surface area contributed by atoms with Crippen LogP contribution in [0.1, 0.15) is 30.5 Å². The zero-order valence-electron chi connectivity index (χ0n) is 15.1. The number of pyridine rings is 2. The van der Waals surface area contributed by atoms with Gasteiger partial charge in [-0.3, -0.25) is 19.1 Å². The summed E-state index contributed by atoms with van der Waals surface area (Å²) in [5, 5.41) is 4.08. The first kappa shape index (κ1) is 16.8.